The second-order valence-electron chi connectivity index (χ2n) is 2.27. The van der Waals surface area contributed by atoms with Crippen LogP contribution in [0.25, 0.3) is 0 Å². The van der Waals surface area contributed by atoms with Gasteiger partial charge in [-0.2, -0.15) is 0 Å². The molecule has 0 bridgehead atoms. The Balaban J connectivity index is 2.39. The van der Waals surface area contributed by atoms with Gasteiger partial charge in [-0.15, -0.1) is 12.6 Å². The van der Waals surface area contributed by atoms with E-state index in [1.54, 1.807) is 12.4 Å². The Labute approximate surface area is 72.0 Å². The molecule has 0 aromatic carbocycles. The van der Waals surface area contributed by atoms with Crippen molar-refractivity contribution in [2.45, 2.75) is 19.0 Å². The molecule has 0 N–H and O–H groups in total. The molecule has 1 atom stereocenters. The molecule has 0 aliphatic carbocycles. The van der Waals surface area contributed by atoms with Crippen molar-refractivity contribution < 1.29 is 4.74 Å². The lowest BCUT2D eigenvalue weighted by molar-refractivity contribution is 0.111. The van der Waals surface area contributed by atoms with E-state index in [1.165, 1.54) is 0 Å². The highest BCUT2D eigenvalue weighted by atomic mass is 32.1. The van der Waals surface area contributed by atoms with Crippen LogP contribution in [0.3, 0.4) is 0 Å². The van der Waals surface area contributed by atoms with Crippen molar-refractivity contribution in [2.24, 2.45) is 0 Å². The molecule has 0 aliphatic rings. The van der Waals surface area contributed by atoms with E-state index in [9.17, 15) is 0 Å². The van der Waals surface area contributed by atoms with Crippen LogP contribution in [-0.2, 0) is 11.3 Å². The first-order valence-corrected chi connectivity index (χ1v) is 3.99. The summed E-state index contributed by atoms with van der Waals surface area (Å²) >= 11 is 4.09. The third-order valence-electron chi connectivity index (χ3n) is 1.21. The number of thiol groups is 1. The lowest BCUT2D eigenvalue weighted by atomic mass is 10.3. The minimum absolute atomic E-state index is 0.0183. The summed E-state index contributed by atoms with van der Waals surface area (Å²) in [5.41, 5.74) is 1.06. The molecule has 0 fully saturated rings. The summed E-state index contributed by atoms with van der Waals surface area (Å²) in [6.45, 7) is 2.47. The van der Waals surface area contributed by atoms with Gasteiger partial charge in [0.1, 0.15) is 0 Å². The van der Waals surface area contributed by atoms with Gasteiger partial charge < -0.3 is 4.74 Å². The molecule has 1 aromatic heterocycles. The van der Waals surface area contributed by atoms with Crippen molar-refractivity contribution >= 4 is 12.6 Å². The van der Waals surface area contributed by atoms with Crippen LogP contribution in [0.4, 0.5) is 0 Å². The van der Waals surface area contributed by atoms with Crippen LogP contribution < -0.4 is 0 Å². The molecule has 1 rings (SSSR count). The Kier molecular flexibility index (Phi) is 3.39. The minimum atomic E-state index is -0.0183. The fourth-order valence-electron chi connectivity index (χ4n) is 0.700. The van der Waals surface area contributed by atoms with Gasteiger partial charge in [-0.3, -0.25) is 4.98 Å². The molecule has 0 saturated carbocycles. The Hall–Kier alpha value is -0.540. The summed E-state index contributed by atoms with van der Waals surface area (Å²) in [6, 6.07) is 3.87. The molecule has 0 saturated heterocycles. The lowest BCUT2D eigenvalue weighted by Crippen LogP contribution is -1.99. The molecule has 1 unspecified atom stereocenters. The number of hydrogen-bond acceptors (Lipinski definition) is 3. The monoisotopic (exact) mass is 169 g/mol. The molecule has 0 radical (unpaired) electrons. The van der Waals surface area contributed by atoms with E-state index < -0.39 is 0 Å². The van der Waals surface area contributed by atoms with Crippen molar-refractivity contribution in [3.63, 3.8) is 0 Å². The molecule has 0 spiro atoms. The molecular weight excluding hydrogens is 158 g/mol. The van der Waals surface area contributed by atoms with E-state index in [1.807, 2.05) is 19.1 Å². The smallest absolute Gasteiger partial charge is 0.0975 e. The number of ether oxygens (including phenoxy) is 1. The van der Waals surface area contributed by atoms with Crippen molar-refractivity contribution in [1.29, 1.82) is 0 Å². The average Bonchev–Trinajstić information content (AvgIpc) is 2.03. The summed E-state index contributed by atoms with van der Waals surface area (Å²) in [4.78, 5) is 3.96. The highest BCUT2D eigenvalue weighted by Crippen LogP contribution is 2.02. The first-order valence-electron chi connectivity index (χ1n) is 3.47. The highest BCUT2D eigenvalue weighted by Gasteiger charge is 1.94. The molecule has 1 aromatic rings. The Bertz CT molecular complexity index is 201. The first kappa shape index (κ1) is 8.56. The number of rotatable bonds is 3. The van der Waals surface area contributed by atoms with Crippen LogP contribution in [0.1, 0.15) is 12.5 Å². The Morgan fingerprint density at radius 3 is 3.09 bits per heavy atom. The molecule has 3 heteroatoms. The predicted molar refractivity (Wildman–Crippen MR) is 47.5 cm³/mol. The molecular formula is C8H11NOS. The minimum Gasteiger partial charge on any atom is -0.363 e. The maximum absolute atomic E-state index is 5.25. The largest absolute Gasteiger partial charge is 0.363 e. The van der Waals surface area contributed by atoms with Gasteiger partial charge in [0.15, 0.2) is 0 Å². The fourth-order valence-corrected chi connectivity index (χ4v) is 0.775. The van der Waals surface area contributed by atoms with Gasteiger partial charge in [0.05, 0.1) is 12.0 Å². The zero-order chi connectivity index (χ0) is 8.10. The zero-order valence-electron chi connectivity index (χ0n) is 6.40. The van der Waals surface area contributed by atoms with Crippen LogP contribution in [0.5, 0.6) is 0 Å². The molecule has 0 amide bonds. The summed E-state index contributed by atoms with van der Waals surface area (Å²) in [5.74, 6) is 0. The molecule has 2 nitrogen and oxygen atoms in total. The van der Waals surface area contributed by atoms with Crippen molar-refractivity contribution in [1.82, 2.24) is 4.98 Å². The summed E-state index contributed by atoms with van der Waals surface area (Å²) in [5, 5.41) is 0. The van der Waals surface area contributed by atoms with Crippen LogP contribution >= 0.6 is 12.6 Å². The SMILES string of the molecule is CC(S)OCc1cccnc1. The maximum atomic E-state index is 5.25. The topological polar surface area (TPSA) is 22.1 Å². The molecule has 60 valence electrons. The normalized spacial score (nSPS) is 12.9. The summed E-state index contributed by atoms with van der Waals surface area (Å²) in [6.07, 6.45) is 3.53. The lowest BCUT2D eigenvalue weighted by Gasteiger charge is -2.05. The van der Waals surface area contributed by atoms with Gasteiger partial charge in [-0.1, -0.05) is 6.07 Å². The highest BCUT2D eigenvalue weighted by molar-refractivity contribution is 7.80. The Morgan fingerprint density at radius 2 is 2.55 bits per heavy atom. The van der Waals surface area contributed by atoms with E-state index in [2.05, 4.69) is 17.6 Å². The van der Waals surface area contributed by atoms with E-state index >= 15 is 0 Å². The summed E-state index contributed by atoms with van der Waals surface area (Å²) < 4.78 is 5.25. The fraction of sp³-hybridized carbons (Fsp3) is 0.375. The van der Waals surface area contributed by atoms with Crippen molar-refractivity contribution in [3.8, 4) is 0 Å². The summed E-state index contributed by atoms with van der Waals surface area (Å²) in [7, 11) is 0. The first-order chi connectivity index (χ1) is 5.29. The van der Waals surface area contributed by atoms with Crippen LogP contribution in [0.2, 0.25) is 0 Å². The second kappa shape index (κ2) is 4.36. The van der Waals surface area contributed by atoms with Gasteiger partial charge >= 0.3 is 0 Å². The van der Waals surface area contributed by atoms with Gasteiger partial charge in [-0.05, 0) is 18.6 Å². The predicted octanol–water partition coefficient (Wildman–Crippen LogP) is 1.87. The molecule has 1 heterocycles. The van der Waals surface area contributed by atoms with E-state index in [-0.39, 0.29) is 5.44 Å². The zero-order valence-corrected chi connectivity index (χ0v) is 7.29. The van der Waals surface area contributed by atoms with E-state index in [0.29, 0.717) is 6.61 Å². The van der Waals surface area contributed by atoms with Gasteiger partial charge in [0, 0.05) is 12.4 Å². The van der Waals surface area contributed by atoms with Gasteiger partial charge in [-0.25, -0.2) is 0 Å². The number of pyridine rings is 1. The number of nitrogens with zero attached hydrogens (tertiary/aromatic N) is 1. The third-order valence-corrected chi connectivity index (χ3v) is 1.36. The standard InChI is InChI=1S/C8H11NOS/c1-7(11)10-6-8-3-2-4-9-5-8/h2-5,7,11H,6H2,1H3. The number of aromatic nitrogens is 1. The molecule has 11 heavy (non-hydrogen) atoms. The van der Waals surface area contributed by atoms with Crippen molar-refractivity contribution in [3.05, 3.63) is 30.1 Å². The molecule has 0 aliphatic heterocycles. The van der Waals surface area contributed by atoms with Crippen LogP contribution in [0.15, 0.2) is 24.5 Å². The quantitative estimate of drug-likeness (QED) is 0.551. The van der Waals surface area contributed by atoms with E-state index in [0.717, 1.165) is 5.56 Å². The van der Waals surface area contributed by atoms with Crippen LogP contribution in [0, 0.1) is 0 Å². The maximum Gasteiger partial charge on any atom is 0.0975 e. The van der Waals surface area contributed by atoms with Gasteiger partial charge in [0.25, 0.3) is 0 Å². The van der Waals surface area contributed by atoms with Crippen LogP contribution in [-0.4, -0.2) is 10.4 Å². The Morgan fingerprint density at radius 1 is 1.73 bits per heavy atom. The third kappa shape index (κ3) is 3.39. The number of hydrogen-bond donors (Lipinski definition) is 1. The van der Waals surface area contributed by atoms with Crippen molar-refractivity contribution in [2.75, 3.05) is 0 Å². The van der Waals surface area contributed by atoms with E-state index in [4.69, 9.17) is 4.74 Å². The van der Waals surface area contributed by atoms with Gasteiger partial charge in [0.2, 0.25) is 0 Å². The average molecular weight is 169 g/mol. The second-order valence-corrected chi connectivity index (χ2v) is 3.00.